The summed E-state index contributed by atoms with van der Waals surface area (Å²) in [6, 6.07) is 8.21. The van der Waals surface area contributed by atoms with Crippen molar-refractivity contribution < 1.29 is 4.39 Å². The fraction of sp³-hybridized carbons (Fsp3) is 0.286. The van der Waals surface area contributed by atoms with E-state index in [9.17, 15) is 4.39 Å². The third-order valence-corrected chi connectivity index (χ3v) is 3.34. The molecule has 0 saturated heterocycles. The molecule has 4 nitrogen and oxygen atoms in total. The zero-order chi connectivity index (χ0) is 14.5. The molecule has 2 aromatic rings. The van der Waals surface area contributed by atoms with E-state index in [1.165, 1.54) is 23.9 Å². The molecule has 0 fully saturated rings. The van der Waals surface area contributed by atoms with Crippen LogP contribution in [0.15, 0.2) is 35.5 Å². The maximum atomic E-state index is 13.0. The molecular formula is C14H17FN4S. The molecule has 1 aromatic carbocycles. The van der Waals surface area contributed by atoms with E-state index in [0.29, 0.717) is 5.16 Å². The van der Waals surface area contributed by atoms with Crippen LogP contribution in [0.2, 0.25) is 0 Å². The zero-order valence-corrected chi connectivity index (χ0v) is 12.5. The number of hydrogen-bond donors (Lipinski definition) is 1. The number of nitrogens with zero attached hydrogens (tertiary/aromatic N) is 3. The minimum absolute atomic E-state index is 0.247. The molecule has 0 aliphatic carbocycles. The summed E-state index contributed by atoms with van der Waals surface area (Å²) in [5.41, 5.74) is 0.875. The second-order valence-corrected chi connectivity index (χ2v) is 4.94. The smallest absolute Gasteiger partial charge is 0.191 e. The third-order valence-electron chi connectivity index (χ3n) is 2.79. The molecule has 106 valence electrons. The van der Waals surface area contributed by atoms with E-state index < -0.39 is 0 Å². The number of halogens is 1. The fourth-order valence-corrected chi connectivity index (χ4v) is 2.12. The van der Waals surface area contributed by atoms with E-state index in [1.807, 2.05) is 31.2 Å². The Bertz CT molecular complexity index is 574. The number of benzene rings is 1. The van der Waals surface area contributed by atoms with Crippen molar-refractivity contribution >= 4 is 29.1 Å². The normalized spacial score (nSPS) is 10.4. The Morgan fingerprint density at radius 3 is 2.55 bits per heavy atom. The van der Waals surface area contributed by atoms with Crippen LogP contribution in [0.1, 0.15) is 6.92 Å². The fourth-order valence-electron chi connectivity index (χ4n) is 1.74. The summed E-state index contributed by atoms with van der Waals surface area (Å²) < 4.78 is 13.0. The zero-order valence-electron chi connectivity index (χ0n) is 11.7. The maximum absolute atomic E-state index is 13.0. The molecule has 2 rings (SSSR count). The van der Waals surface area contributed by atoms with E-state index in [1.54, 1.807) is 12.1 Å². The number of nitrogens with one attached hydrogen (secondary N) is 1. The van der Waals surface area contributed by atoms with Gasteiger partial charge in [0.1, 0.15) is 17.5 Å². The molecule has 20 heavy (non-hydrogen) atoms. The highest BCUT2D eigenvalue weighted by Crippen LogP contribution is 2.25. The van der Waals surface area contributed by atoms with Crippen LogP contribution in [-0.2, 0) is 0 Å². The van der Waals surface area contributed by atoms with Gasteiger partial charge in [0, 0.05) is 25.3 Å². The van der Waals surface area contributed by atoms with Gasteiger partial charge in [0.05, 0.1) is 0 Å². The van der Waals surface area contributed by atoms with Gasteiger partial charge in [-0.2, -0.15) is 0 Å². The summed E-state index contributed by atoms with van der Waals surface area (Å²) >= 11 is 1.49. The van der Waals surface area contributed by atoms with Gasteiger partial charge in [0.25, 0.3) is 0 Å². The summed E-state index contributed by atoms with van der Waals surface area (Å²) in [4.78, 5) is 10.8. The molecule has 0 unspecified atom stereocenters. The molecule has 0 atom stereocenters. The van der Waals surface area contributed by atoms with Crippen LogP contribution >= 0.6 is 11.8 Å². The Morgan fingerprint density at radius 1 is 1.25 bits per heavy atom. The Balaban J connectivity index is 2.34. The standard InChI is InChI=1S/C14H17FN4S/c1-4-16-12-9-13(18-14(17-12)20-3)19(2)11-7-5-10(15)6-8-11/h5-9H,4H2,1-3H3,(H,16,17,18). The van der Waals surface area contributed by atoms with Crippen molar-refractivity contribution in [2.24, 2.45) is 0 Å². The number of thioether (sulfide) groups is 1. The molecule has 0 saturated carbocycles. The van der Waals surface area contributed by atoms with Crippen molar-refractivity contribution in [1.29, 1.82) is 0 Å². The van der Waals surface area contributed by atoms with E-state index in [4.69, 9.17) is 0 Å². The van der Waals surface area contributed by atoms with Crippen molar-refractivity contribution in [2.45, 2.75) is 12.1 Å². The molecule has 0 spiro atoms. The summed E-state index contributed by atoms with van der Waals surface area (Å²) in [5, 5.41) is 3.89. The molecule has 1 aromatic heterocycles. The molecule has 1 heterocycles. The van der Waals surface area contributed by atoms with Crippen LogP contribution < -0.4 is 10.2 Å². The quantitative estimate of drug-likeness (QED) is 0.674. The Labute approximate surface area is 122 Å². The Morgan fingerprint density at radius 2 is 1.95 bits per heavy atom. The highest BCUT2D eigenvalue weighted by Gasteiger charge is 2.09. The molecular weight excluding hydrogens is 275 g/mol. The first-order valence-electron chi connectivity index (χ1n) is 6.30. The van der Waals surface area contributed by atoms with Gasteiger partial charge in [0.15, 0.2) is 5.16 Å². The molecule has 0 aliphatic rings. The molecule has 1 N–H and O–H groups in total. The lowest BCUT2D eigenvalue weighted by atomic mass is 10.3. The summed E-state index contributed by atoms with van der Waals surface area (Å²) in [6.45, 7) is 2.81. The summed E-state index contributed by atoms with van der Waals surface area (Å²) in [6.07, 6.45) is 1.94. The molecule has 6 heteroatoms. The van der Waals surface area contributed by atoms with Gasteiger partial charge < -0.3 is 10.2 Å². The van der Waals surface area contributed by atoms with Crippen LogP contribution in [0.3, 0.4) is 0 Å². The van der Waals surface area contributed by atoms with Crippen molar-refractivity contribution in [3.8, 4) is 0 Å². The minimum Gasteiger partial charge on any atom is -0.370 e. The van der Waals surface area contributed by atoms with E-state index in [0.717, 1.165) is 23.9 Å². The lowest BCUT2D eigenvalue weighted by molar-refractivity contribution is 0.628. The third kappa shape index (κ3) is 3.39. The second-order valence-electron chi connectivity index (χ2n) is 4.16. The topological polar surface area (TPSA) is 41.0 Å². The lowest BCUT2D eigenvalue weighted by Crippen LogP contribution is -2.13. The average Bonchev–Trinajstić information content (AvgIpc) is 2.47. The van der Waals surface area contributed by atoms with Crippen LogP contribution in [0, 0.1) is 5.82 Å². The van der Waals surface area contributed by atoms with Gasteiger partial charge in [-0.25, -0.2) is 14.4 Å². The number of aromatic nitrogens is 2. The van der Waals surface area contributed by atoms with Crippen molar-refractivity contribution in [2.75, 3.05) is 30.1 Å². The van der Waals surface area contributed by atoms with Crippen molar-refractivity contribution in [1.82, 2.24) is 9.97 Å². The van der Waals surface area contributed by atoms with Gasteiger partial charge in [-0.3, -0.25) is 0 Å². The van der Waals surface area contributed by atoms with Crippen LogP contribution in [-0.4, -0.2) is 29.8 Å². The summed E-state index contributed by atoms with van der Waals surface area (Å²) in [7, 11) is 1.90. The minimum atomic E-state index is -0.247. The first kappa shape index (κ1) is 14.6. The van der Waals surface area contributed by atoms with Crippen LogP contribution in [0.5, 0.6) is 0 Å². The highest BCUT2D eigenvalue weighted by atomic mass is 32.2. The molecule has 0 bridgehead atoms. The van der Waals surface area contributed by atoms with Crippen molar-refractivity contribution in [3.05, 3.63) is 36.1 Å². The number of hydrogen-bond acceptors (Lipinski definition) is 5. The lowest BCUT2D eigenvalue weighted by Gasteiger charge is -2.19. The van der Waals surface area contributed by atoms with E-state index in [-0.39, 0.29) is 5.82 Å². The van der Waals surface area contributed by atoms with Crippen molar-refractivity contribution in [3.63, 3.8) is 0 Å². The predicted molar refractivity (Wildman–Crippen MR) is 82.4 cm³/mol. The van der Waals surface area contributed by atoms with E-state index in [2.05, 4.69) is 15.3 Å². The maximum Gasteiger partial charge on any atom is 0.191 e. The Hall–Kier alpha value is -1.82. The van der Waals surface area contributed by atoms with E-state index >= 15 is 0 Å². The molecule has 0 amide bonds. The van der Waals surface area contributed by atoms with Gasteiger partial charge in [-0.05, 0) is 37.4 Å². The van der Waals surface area contributed by atoms with Gasteiger partial charge in [-0.1, -0.05) is 11.8 Å². The molecule has 0 radical (unpaired) electrons. The largest absolute Gasteiger partial charge is 0.370 e. The number of rotatable bonds is 5. The SMILES string of the molecule is CCNc1cc(N(C)c2ccc(F)cc2)nc(SC)n1. The first-order valence-corrected chi connectivity index (χ1v) is 7.52. The molecule has 0 aliphatic heterocycles. The van der Waals surface area contributed by atoms with Crippen LogP contribution in [0.4, 0.5) is 21.7 Å². The highest BCUT2D eigenvalue weighted by molar-refractivity contribution is 7.98. The second kappa shape index (κ2) is 6.56. The van der Waals surface area contributed by atoms with Gasteiger partial charge in [-0.15, -0.1) is 0 Å². The van der Waals surface area contributed by atoms with Gasteiger partial charge in [0.2, 0.25) is 0 Å². The summed E-state index contributed by atoms with van der Waals surface area (Å²) in [5.74, 6) is 1.31. The van der Waals surface area contributed by atoms with Crippen LogP contribution in [0.25, 0.3) is 0 Å². The van der Waals surface area contributed by atoms with Gasteiger partial charge >= 0.3 is 0 Å². The first-order chi connectivity index (χ1) is 9.63. The monoisotopic (exact) mass is 292 g/mol. The Kier molecular flexibility index (Phi) is 4.79. The number of anilines is 3. The predicted octanol–water partition coefficient (Wildman–Crippen LogP) is 3.54. The average molecular weight is 292 g/mol.